The van der Waals surface area contributed by atoms with Gasteiger partial charge in [-0.25, -0.2) is 4.39 Å². The number of benzene rings is 2. The van der Waals surface area contributed by atoms with Crippen LogP contribution in [0.2, 0.25) is 0 Å². The molecule has 0 radical (unpaired) electrons. The van der Waals surface area contributed by atoms with Gasteiger partial charge in [-0.1, -0.05) is 25.1 Å². The van der Waals surface area contributed by atoms with Crippen molar-refractivity contribution in [2.24, 2.45) is 0 Å². The summed E-state index contributed by atoms with van der Waals surface area (Å²) in [5, 5.41) is 0. The number of hydrogen-bond acceptors (Lipinski definition) is 2. The lowest BCUT2D eigenvalue weighted by molar-refractivity contribution is 0.276. The van der Waals surface area contributed by atoms with Gasteiger partial charge in [0.2, 0.25) is 0 Å². The minimum atomic E-state index is -0.205. The van der Waals surface area contributed by atoms with Gasteiger partial charge in [-0.3, -0.25) is 0 Å². The summed E-state index contributed by atoms with van der Waals surface area (Å²) >= 11 is 0. The Hall–Kier alpha value is -2.03. The minimum Gasteiger partial charge on any atom is -0.493 e. The van der Waals surface area contributed by atoms with Gasteiger partial charge in [-0.15, -0.1) is 0 Å². The summed E-state index contributed by atoms with van der Waals surface area (Å²) in [4.78, 5) is 0. The molecule has 0 amide bonds. The van der Waals surface area contributed by atoms with Crippen LogP contribution < -0.4 is 9.47 Å². The first-order valence-corrected chi connectivity index (χ1v) is 7.42. The predicted octanol–water partition coefficient (Wildman–Crippen LogP) is 4.29. The molecule has 1 aliphatic heterocycles. The molecule has 0 atom stereocenters. The van der Waals surface area contributed by atoms with Gasteiger partial charge in [-0.05, 0) is 42.5 Å². The van der Waals surface area contributed by atoms with Crippen LogP contribution in [0.25, 0.3) is 0 Å². The van der Waals surface area contributed by atoms with Crippen LogP contribution in [-0.2, 0) is 19.4 Å². The van der Waals surface area contributed by atoms with Crippen LogP contribution >= 0.6 is 0 Å². The first kappa shape index (κ1) is 13.9. The average molecular weight is 286 g/mol. The van der Waals surface area contributed by atoms with Crippen molar-refractivity contribution in [3.63, 3.8) is 0 Å². The number of rotatable bonds is 4. The van der Waals surface area contributed by atoms with Gasteiger partial charge in [-0.2, -0.15) is 0 Å². The Bertz CT molecular complexity index is 637. The highest BCUT2D eigenvalue weighted by Gasteiger charge is 2.12. The molecule has 2 aromatic carbocycles. The molecule has 2 aromatic rings. The Morgan fingerprint density at radius 3 is 3.00 bits per heavy atom. The van der Waals surface area contributed by atoms with Crippen molar-refractivity contribution in [2.75, 3.05) is 6.61 Å². The molecule has 3 rings (SSSR count). The molecule has 0 fully saturated rings. The minimum absolute atomic E-state index is 0.205. The van der Waals surface area contributed by atoms with E-state index in [0.717, 1.165) is 42.9 Å². The highest BCUT2D eigenvalue weighted by atomic mass is 19.1. The number of fused-ring (bicyclic) bond motifs is 1. The van der Waals surface area contributed by atoms with Gasteiger partial charge in [0.1, 0.15) is 23.9 Å². The van der Waals surface area contributed by atoms with E-state index in [4.69, 9.17) is 9.47 Å². The zero-order valence-corrected chi connectivity index (χ0v) is 12.2. The molecule has 21 heavy (non-hydrogen) atoms. The topological polar surface area (TPSA) is 18.5 Å². The van der Waals surface area contributed by atoms with Crippen LogP contribution in [0.15, 0.2) is 36.4 Å². The maximum absolute atomic E-state index is 13.9. The van der Waals surface area contributed by atoms with E-state index in [-0.39, 0.29) is 12.4 Å². The molecular weight excluding hydrogens is 267 g/mol. The molecule has 2 nitrogen and oxygen atoms in total. The van der Waals surface area contributed by atoms with Crippen LogP contribution in [0.5, 0.6) is 11.5 Å². The van der Waals surface area contributed by atoms with E-state index in [0.29, 0.717) is 5.56 Å². The van der Waals surface area contributed by atoms with Crippen molar-refractivity contribution >= 4 is 0 Å². The molecule has 0 spiro atoms. The Morgan fingerprint density at radius 1 is 1.24 bits per heavy atom. The molecule has 3 heteroatoms. The van der Waals surface area contributed by atoms with Crippen molar-refractivity contribution in [2.45, 2.75) is 32.8 Å². The molecule has 0 bridgehead atoms. The van der Waals surface area contributed by atoms with Crippen LogP contribution in [0, 0.1) is 5.82 Å². The fraction of sp³-hybridized carbons (Fsp3) is 0.333. The smallest absolute Gasteiger partial charge is 0.130 e. The van der Waals surface area contributed by atoms with Crippen molar-refractivity contribution in [1.82, 2.24) is 0 Å². The van der Waals surface area contributed by atoms with Crippen LogP contribution in [0.3, 0.4) is 0 Å². The van der Waals surface area contributed by atoms with Crippen molar-refractivity contribution in [3.05, 3.63) is 58.9 Å². The molecular formula is C18H19FO2. The zero-order valence-electron chi connectivity index (χ0n) is 12.2. The molecule has 0 unspecified atom stereocenters. The third kappa shape index (κ3) is 3.02. The summed E-state index contributed by atoms with van der Waals surface area (Å²) in [7, 11) is 0. The zero-order chi connectivity index (χ0) is 14.7. The van der Waals surface area contributed by atoms with E-state index in [9.17, 15) is 4.39 Å². The highest BCUT2D eigenvalue weighted by Crippen LogP contribution is 2.29. The molecule has 1 heterocycles. The van der Waals surface area contributed by atoms with E-state index in [1.54, 1.807) is 6.07 Å². The molecule has 0 N–H and O–H groups in total. The van der Waals surface area contributed by atoms with E-state index >= 15 is 0 Å². The summed E-state index contributed by atoms with van der Waals surface area (Å²) in [6, 6.07) is 11.0. The monoisotopic (exact) mass is 286 g/mol. The van der Waals surface area contributed by atoms with Crippen LogP contribution in [0.1, 0.15) is 30.0 Å². The molecule has 0 saturated carbocycles. The predicted molar refractivity (Wildman–Crippen MR) is 80.4 cm³/mol. The first-order chi connectivity index (χ1) is 10.3. The maximum Gasteiger partial charge on any atom is 0.130 e. The summed E-state index contributed by atoms with van der Waals surface area (Å²) in [5.74, 6) is 1.41. The molecule has 0 saturated heterocycles. The van der Waals surface area contributed by atoms with Gasteiger partial charge in [0.25, 0.3) is 0 Å². The van der Waals surface area contributed by atoms with E-state index in [1.807, 2.05) is 31.2 Å². The Kier molecular flexibility index (Phi) is 4.09. The molecule has 0 aromatic heterocycles. The number of ether oxygens (including phenoxy) is 2. The quantitative estimate of drug-likeness (QED) is 0.834. The van der Waals surface area contributed by atoms with Crippen LogP contribution in [-0.4, -0.2) is 6.61 Å². The first-order valence-electron chi connectivity index (χ1n) is 7.42. The largest absolute Gasteiger partial charge is 0.493 e. The van der Waals surface area contributed by atoms with E-state index in [2.05, 4.69) is 0 Å². The van der Waals surface area contributed by atoms with Crippen molar-refractivity contribution < 1.29 is 13.9 Å². The number of halogens is 1. The average Bonchev–Trinajstić information content (AvgIpc) is 2.53. The molecule has 1 aliphatic rings. The third-order valence-corrected chi connectivity index (χ3v) is 3.87. The van der Waals surface area contributed by atoms with Crippen LogP contribution in [0.4, 0.5) is 4.39 Å². The van der Waals surface area contributed by atoms with Gasteiger partial charge in [0.15, 0.2) is 0 Å². The third-order valence-electron chi connectivity index (χ3n) is 3.87. The summed E-state index contributed by atoms with van der Waals surface area (Å²) in [6.07, 6.45) is 2.90. The summed E-state index contributed by atoms with van der Waals surface area (Å²) in [5.41, 5.74) is 2.84. The lowest BCUT2D eigenvalue weighted by atomic mass is 10.1. The number of hydrogen-bond donors (Lipinski definition) is 0. The van der Waals surface area contributed by atoms with Gasteiger partial charge in [0, 0.05) is 11.6 Å². The van der Waals surface area contributed by atoms with E-state index < -0.39 is 0 Å². The standard InChI is InChI=1S/C18H19FO2/c1-2-13-5-3-7-17(19)16(13)12-21-15-9-8-14-6-4-10-20-18(14)11-15/h3,5,7-9,11H,2,4,6,10,12H2,1H3. The van der Waals surface area contributed by atoms with Gasteiger partial charge in [0.05, 0.1) is 6.61 Å². The lowest BCUT2D eigenvalue weighted by Gasteiger charge is -2.18. The Labute approximate surface area is 124 Å². The second kappa shape index (κ2) is 6.17. The lowest BCUT2D eigenvalue weighted by Crippen LogP contribution is -2.08. The van der Waals surface area contributed by atoms with Crippen molar-refractivity contribution in [3.8, 4) is 11.5 Å². The second-order valence-corrected chi connectivity index (χ2v) is 5.24. The molecule has 110 valence electrons. The molecule has 0 aliphatic carbocycles. The Morgan fingerprint density at radius 2 is 2.14 bits per heavy atom. The van der Waals surface area contributed by atoms with Crippen molar-refractivity contribution in [1.29, 1.82) is 0 Å². The number of aryl methyl sites for hydroxylation is 2. The summed E-state index contributed by atoms with van der Waals surface area (Å²) in [6.45, 7) is 3.02. The fourth-order valence-corrected chi connectivity index (χ4v) is 2.66. The second-order valence-electron chi connectivity index (χ2n) is 5.24. The van der Waals surface area contributed by atoms with E-state index in [1.165, 1.54) is 11.6 Å². The normalized spacial score (nSPS) is 13.4. The highest BCUT2D eigenvalue weighted by molar-refractivity contribution is 5.42. The summed E-state index contributed by atoms with van der Waals surface area (Å²) < 4.78 is 25.3. The van der Waals surface area contributed by atoms with Gasteiger partial charge >= 0.3 is 0 Å². The fourth-order valence-electron chi connectivity index (χ4n) is 2.66. The Balaban J connectivity index is 1.76. The SMILES string of the molecule is CCc1cccc(F)c1COc1ccc2c(c1)OCCC2. The van der Waals surface area contributed by atoms with Gasteiger partial charge < -0.3 is 9.47 Å². The maximum atomic E-state index is 13.9.